The Morgan fingerprint density at radius 3 is 2.90 bits per heavy atom. The van der Waals surface area contributed by atoms with E-state index < -0.39 is 0 Å². The Bertz CT molecular complexity index is 658. The van der Waals surface area contributed by atoms with Crippen LogP contribution in [0.25, 0.3) is 10.9 Å². The highest BCUT2D eigenvalue weighted by Gasteiger charge is 2.13. The molecule has 0 radical (unpaired) electrons. The summed E-state index contributed by atoms with van der Waals surface area (Å²) < 4.78 is 4.77. The number of benzene rings is 1. The number of rotatable bonds is 4. The molecule has 0 aliphatic rings. The molecule has 1 heterocycles. The van der Waals surface area contributed by atoms with Crippen LogP contribution >= 0.6 is 0 Å². The topological polar surface area (TPSA) is 42.1 Å². The molecule has 1 aromatic carbocycles. The molecule has 2 aromatic rings. The predicted octanol–water partition coefficient (Wildman–Crippen LogP) is 3.43. The zero-order valence-corrected chi connectivity index (χ0v) is 12.0. The molecule has 0 aliphatic carbocycles. The van der Waals surface area contributed by atoms with Crippen molar-refractivity contribution >= 4 is 16.9 Å². The van der Waals surface area contributed by atoms with Crippen LogP contribution in [-0.2, 0) is 16.0 Å². The number of nitrogens with one attached hydrogen (secondary N) is 1. The van der Waals surface area contributed by atoms with Gasteiger partial charge in [0, 0.05) is 22.9 Å². The zero-order chi connectivity index (χ0) is 14.4. The van der Waals surface area contributed by atoms with Crippen LogP contribution in [0.5, 0.6) is 0 Å². The van der Waals surface area contributed by atoms with Crippen molar-refractivity contribution in [3.63, 3.8) is 0 Å². The largest absolute Gasteiger partial charge is 0.469 e. The summed E-state index contributed by atoms with van der Waals surface area (Å²) in [4.78, 5) is 14.9. The van der Waals surface area contributed by atoms with Gasteiger partial charge in [-0.05, 0) is 18.4 Å². The van der Waals surface area contributed by atoms with E-state index in [0.717, 1.165) is 41.4 Å². The van der Waals surface area contributed by atoms with Crippen molar-refractivity contribution in [2.24, 2.45) is 0 Å². The summed E-state index contributed by atoms with van der Waals surface area (Å²) in [7, 11) is 1.41. The fourth-order valence-electron chi connectivity index (χ4n) is 2.12. The van der Waals surface area contributed by atoms with Crippen LogP contribution in [0.15, 0.2) is 24.3 Å². The number of methoxy groups -OCH3 is 1. The summed E-state index contributed by atoms with van der Waals surface area (Å²) in [5.41, 5.74) is 2.76. The lowest BCUT2D eigenvalue weighted by Gasteiger charge is -1.99. The standard InChI is InChI=1S/C17H19NO2/c1-3-4-5-6-10-16-14(12-17(19)20-2)13-9-7-8-11-15(13)18-16/h7-9,11,18H,3-5,12H2,1-2H3. The highest BCUT2D eigenvalue weighted by molar-refractivity contribution is 5.89. The molecule has 0 saturated heterocycles. The highest BCUT2D eigenvalue weighted by atomic mass is 16.5. The van der Waals surface area contributed by atoms with Gasteiger partial charge in [-0.3, -0.25) is 4.79 Å². The summed E-state index contributed by atoms with van der Waals surface area (Å²) in [6, 6.07) is 7.93. The Labute approximate surface area is 119 Å². The van der Waals surface area contributed by atoms with Crippen LogP contribution in [0.1, 0.15) is 37.4 Å². The third-order valence-corrected chi connectivity index (χ3v) is 3.23. The van der Waals surface area contributed by atoms with Crippen molar-refractivity contribution in [1.29, 1.82) is 0 Å². The van der Waals surface area contributed by atoms with Gasteiger partial charge in [0.05, 0.1) is 19.2 Å². The Hall–Kier alpha value is -2.21. The van der Waals surface area contributed by atoms with Crippen LogP contribution in [0.3, 0.4) is 0 Å². The number of carbonyl (C=O) groups excluding carboxylic acids is 1. The van der Waals surface area contributed by atoms with Crippen molar-refractivity contribution in [3.8, 4) is 11.8 Å². The van der Waals surface area contributed by atoms with E-state index in [1.54, 1.807) is 0 Å². The molecule has 104 valence electrons. The van der Waals surface area contributed by atoms with E-state index in [-0.39, 0.29) is 12.4 Å². The first-order valence-electron chi connectivity index (χ1n) is 6.91. The van der Waals surface area contributed by atoms with Gasteiger partial charge in [-0.15, -0.1) is 0 Å². The molecular weight excluding hydrogens is 250 g/mol. The monoisotopic (exact) mass is 269 g/mol. The molecule has 3 heteroatoms. The first kappa shape index (κ1) is 14.2. The van der Waals surface area contributed by atoms with E-state index in [0.29, 0.717) is 0 Å². The van der Waals surface area contributed by atoms with E-state index in [9.17, 15) is 4.79 Å². The molecule has 0 unspecified atom stereocenters. The SMILES string of the molecule is CCCCC#Cc1[nH]c2ccccc2c1CC(=O)OC. The van der Waals surface area contributed by atoms with Gasteiger partial charge < -0.3 is 9.72 Å². The summed E-state index contributed by atoms with van der Waals surface area (Å²) in [5.74, 6) is 6.07. The average molecular weight is 269 g/mol. The normalized spacial score (nSPS) is 10.1. The van der Waals surface area contributed by atoms with Gasteiger partial charge in [0.15, 0.2) is 0 Å². The van der Waals surface area contributed by atoms with E-state index >= 15 is 0 Å². The number of unbranched alkanes of at least 4 members (excludes halogenated alkanes) is 2. The third-order valence-electron chi connectivity index (χ3n) is 3.23. The second-order valence-corrected chi connectivity index (χ2v) is 4.68. The van der Waals surface area contributed by atoms with Gasteiger partial charge in [0.1, 0.15) is 0 Å². The molecule has 0 amide bonds. The molecule has 1 aromatic heterocycles. The number of ether oxygens (including phenoxy) is 1. The number of carbonyl (C=O) groups is 1. The maximum Gasteiger partial charge on any atom is 0.310 e. The molecule has 0 atom stereocenters. The quantitative estimate of drug-likeness (QED) is 0.525. The van der Waals surface area contributed by atoms with Crippen LogP contribution in [0.4, 0.5) is 0 Å². The maximum absolute atomic E-state index is 11.6. The number of aromatic nitrogens is 1. The molecule has 3 nitrogen and oxygen atoms in total. The van der Waals surface area contributed by atoms with Crippen LogP contribution in [-0.4, -0.2) is 18.1 Å². The van der Waals surface area contributed by atoms with Gasteiger partial charge in [-0.25, -0.2) is 0 Å². The average Bonchev–Trinajstić information content (AvgIpc) is 2.81. The van der Waals surface area contributed by atoms with Crippen molar-refractivity contribution < 1.29 is 9.53 Å². The lowest BCUT2D eigenvalue weighted by atomic mass is 10.1. The molecule has 0 saturated carbocycles. The molecule has 0 fully saturated rings. The lowest BCUT2D eigenvalue weighted by molar-refractivity contribution is -0.139. The smallest absolute Gasteiger partial charge is 0.310 e. The van der Waals surface area contributed by atoms with Gasteiger partial charge in [0.25, 0.3) is 0 Å². The molecule has 1 N–H and O–H groups in total. The lowest BCUT2D eigenvalue weighted by Crippen LogP contribution is -2.05. The van der Waals surface area contributed by atoms with Gasteiger partial charge in [0.2, 0.25) is 0 Å². The van der Waals surface area contributed by atoms with Crippen LogP contribution in [0, 0.1) is 11.8 Å². The minimum atomic E-state index is -0.244. The first-order valence-corrected chi connectivity index (χ1v) is 6.91. The number of H-pyrrole nitrogens is 1. The fourth-order valence-corrected chi connectivity index (χ4v) is 2.12. The van der Waals surface area contributed by atoms with E-state index in [1.807, 2.05) is 24.3 Å². The second kappa shape index (κ2) is 6.81. The number of para-hydroxylation sites is 1. The molecule has 2 rings (SSSR count). The third kappa shape index (κ3) is 3.21. The van der Waals surface area contributed by atoms with E-state index in [1.165, 1.54) is 7.11 Å². The van der Waals surface area contributed by atoms with Gasteiger partial charge >= 0.3 is 5.97 Å². The first-order chi connectivity index (χ1) is 9.76. The summed E-state index contributed by atoms with van der Waals surface area (Å²) in [6.07, 6.45) is 3.36. The number of aromatic amines is 1. The minimum Gasteiger partial charge on any atom is -0.469 e. The molecular formula is C17H19NO2. The number of esters is 1. The van der Waals surface area contributed by atoms with Gasteiger partial charge in [-0.1, -0.05) is 37.5 Å². The number of hydrogen-bond donors (Lipinski definition) is 1. The van der Waals surface area contributed by atoms with E-state index in [4.69, 9.17) is 4.74 Å². The Balaban J connectivity index is 2.37. The Morgan fingerprint density at radius 1 is 1.35 bits per heavy atom. The second-order valence-electron chi connectivity index (χ2n) is 4.68. The molecule has 20 heavy (non-hydrogen) atoms. The number of hydrogen-bond acceptors (Lipinski definition) is 2. The van der Waals surface area contributed by atoms with Crippen molar-refractivity contribution in [3.05, 3.63) is 35.5 Å². The minimum absolute atomic E-state index is 0.244. The van der Waals surface area contributed by atoms with E-state index in [2.05, 4.69) is 23.7 Å². The molecule has 0 bridgehead atoms. The summed E-state index contributed by atoms with van der Waals surface area (Å²) >= 11 is 0. The van der Waals surface area contributed by atoms with Crippen molar-refractivity contribution in [1.82, 2.24) is 4.98 Å². The zero-order valence-electron chi connectivity index (χ0n) is 12.0. The van der Waals surface area contributed by atoms with Crippen LogP contribution < -0.4 is 0 Å². The van der Waals surface area contributed by atoms with Crippen LogP contribution in [0.2, 0.25) is 0 Å². The van der Waals surface area contributed by atoms with Gasteiger partial charge in [-0.2, -0.15) is 0 Å². The summed E-state index contributed by atoms with van der Waals surface area (Å²) in [5, 5.41) is 1.04. The molecule has 0 aliphatic heterocycles. The van der Waals surface area contributed by atoms with Crippen molar-refractivity contribution in [2.75, 3.05) is 7.11 Å². The highest BCUT2D eigenvalue weighted by Crippen LogP contribution is 2.22. The predicted molar refractivity (Wildman–Crippen MR) is 80.4 cm³/mol. The Kier molecular flexibility index (Phi) is 4.84. The number of fused-ring (bicyclic) bond motifs is 1. The fraction of sp³-hybridized carbons (Fsp3) is 0.353. The maximum atomic E-state index is 11.6. The Morgan fingerprint density at radius 2 is 2.15 bits per heavy atom. The summed E-state index contributed by atoms with van der Waals surface area (Å²) in [6.45, 7) is 2.15. The van der Waals surface area contributed by atoms with Crippen molar-refractivity contribution in [2.45, 2.75) is 32.6 Å². The molecule has 0 spiro atoms.